The molecular formula is C25H26N4O7S. The molecule has 37 heavy (non-hydrogen) atoms. The number of nitrogens with one attached hydrogen (secondary N) is 2. The van der Waals surface area contributed by atoms with Crippen LogP contribution < -0.4 is 16.8 Å². The van der Waals surface area contributed by atoms with Crippen molar-refractivity contribution >= 4 is 44.3 Å². The molecule has 0 unspecified atom stereocenters. The van der Waals surface area contributed by atoms with Crippen molar-refractivity contribution in [1.82, 2.24) is 5.32 Å². The first-order valence-electron chi connectivity index (χ1n) is 11.0. The summed E-state index contributed by atoms with van der Waals surface area (Å²) in [6, 6.07) is 15.8. The van der Waals surface area contributed by atoms with Crippen LogP contribution in [0.4, 0.5) is 0 Å². The van der Waals surface area contributed by atoms with Crippen LogP contribution in [-0.4, -0.2) is 55.2 Å². The van der Waals surface area contributed by atoms with E-state index in [0.717, 1.165) is 12.5 Å². The summed E-state index contributed by atoms with van der Waals surface area (Å²) in [4.78, 5) is 34.1. The molecule has 0 saturated heterocycles. The summed E-state index contributed by atoms with van der Waals surface area (Å²) in [5.74, 6) is -4.06. The van der Waals surface area contributed by atoms with Gasteiger partial charge in [-0.25, -0.2) is 13.2 Å². The molecule has 0 aliphatic rings. The lowest BCUT2D eigenvalue weighted by molar-refractivity contribution is -0.145. The van der Waals surface area contributed by atoms with Gasteiger partial charge in [0, 0.05) is 12.0 Å². The maximum Gasteiger partial charge on any atom is 0.328 e. The Morgan fingerprint density at radius 3 is 2.24 bits per heavy atom. The van der Waals surface area contributed by atoms with Gasteiger partial charge in [-0.05, 0) is 28.5 Å². The molecule has 194 valence electrons. The van der Waals surface area contributed by atoms with Gasteiger partial charge < -0.3 is 26.6 Å². The highest BCUT2D eigenvalue weighted by atomic mass is 32.2. The Labute approximate surface area is 212 Å². The van der Waals surface area contributed by atoms with E-state index in [-0.39, 0.29) is 17.2 Å². The van der Waals surface area contributed by atoms with Crippen LogP contribution in [0.25, 0.3) is 10.8 Å². The zero-order chi connectivity index (χ0) is 27.4. The van der Waals surface area contributed by atoms with E-state index in [1.165, 1.54) is 30.3 Å². The highest BCUT2D eigenvalue weighted by molar-refractivity contribution is 7.93. The van der Waals surface area contributed by atoms with Crippen molar-refractivity contribution in [3.63, 3.8) is 0 Å². The summed E-state index contributed by atoms with van der Waals surface area (Å²) in [7, 11) is -3.67. The average Bonchev–Trinajstić information content (AvgIpc) is 2.87. The van der Waals surface area contributed by atoms with Gasteiger partial charge in [0.05, 0.1) is 18.4 Å². The van der Waals surface area contributed by atoms with Gasteiger partial charge in [0.15, 0.2) is 0 Å². The Bertz CT molecular complexity index is 1470. The molecule has 0 heterocycles. The number of benzene rings is 3. The molecule has 0 aliphatic heterocycles. The molecule has 0 bridgehead atoms. The Kier molecular flexibility index (Phi) is 7.94. The summed E-state index contributed by atoms with van der Waals surface area (Å²) >= 11 is 0. The molecule has 0 radical (unpaired) electrons. The molecule has 7 N–H and O–H groups in total. The number of amidine groups is 1. The second kappa shape index (κ2) is 10.8. The van der Waals surface area contributed by atoms with Gasteiger partial charge in [-0.3, -0.25) is 15.0 Å². The highest BCUT2D eigenvalue weighted by Gasteiger charge is 2.51. The van der Waals surface area contributed by atoms with Crippen molar-refractivity contribution in [1.29, 1.82) is 5.41 Å². The number of aliphatic carboxylic acids is 1. The molecule has 0 fully saturated rings. The first kappa shape index (κ1) is 27.3. The van der Waals surface area contributed by atoms with Gasteiger partial charge in [0.1, 0.15) is 11.9 Å². The Balaban J connectivity index is 1.97. The zero-order valence-corrected chi connectivity index (χ0v) is 20.6. The van der Waals surface area contributed by atoms with Crippen molar-refractivity contribution in [2.75, 3.05) is 7.11 Å². The third-order valence-electron chi connectivity index (χ3n) is 5.80. The highest BCUT2D eigenvalue weighted by Crippen LogP contribution is 2.28. The van der Waals surface area contributed by atoms with E-state index in [4.69, 9.17) is 21.6 Å². The number of amides is 1. The van der Waals surface area contributed by atoms with Crippen LogP contribution in [0.5, 0.6) is 0 Å². The number of esters is 1. The Morgan fingerprint density at radius 2 is 1.68 bits per heavy atom. The number of carbonyl (C=O) groups excluding carboxylic acids is 2. The molecule has 3 aromatic carbocycles. The molecule has 2 atom stereocenters. The molecule has 0 aliphatic carbocycles. The number of hydrogen-bond acceptors (Lipinski definition) is 8. The molecule has 0 aromatic heterocycles. The largest absolute Gasteiger partial charge is 0.481 e. The first-order valence-corrected chi connectivity index (χ1v) is 12.4. The van der Waals surface area contributed by atoms with Gasteiger partial charge in [-0.2, -0.15) is 0 Å². The van der Waals surface area contributed by atoms with Crippen molar-refractivity contribution < 1.29 is 32.6 Å². The van der Waals surface area contributed by atoms with Crippen molar-refractivity contribution in [3.8, 4) is 0 Å². The molecule has 3 aromatic rings. The van der Waals surface area contributed by atoms with Crippen LogP contribution in [0.3, 0.4) is 0 Å². The molecule has 0 spiro atoms. The van der Waals surface area contributed by atoms with Crippen LogP contribution in [0, 0.1) is 5.41 Å². The summed E-state index contributed by atoms with van der Waals surface area (Å²) in [5, 5.41) is 20.4. The normalized spacial score (nSPS) is 13.8. The predicted molar refractivity (Wildman–Crippen MR) is 135 cm³/mol. The average molecular weight is 527 g/mol. The maximum atomic E-state index is 13.6. The van der Waals surface area contributed by atoms with Crippen molar-refractivity contribution in [3.05, 3.63) is 77.9 Å². The lowest BCUT2D eigenvalue weighted by Crippen LogP contribution is -2.63. The van der Waals surface area contributed by atoms with E-state index >= 15 is 0 Å². The summed E-state index contributed by atoms with van der Waals surface area (Å²) < 4.78 is 31.9. The topological polar surface area (TPSA) is 203 Å². The number of sulfone groups is 1. The minimum absolute atomic E-state index is 0.129. The fourth-order valence-corrected chi connectivity index (χ4v) is 5.31. The second-order valence-corrected chi connectivity index (χ2v) is 10.5. The number of nitrogen functional groups attached to an aromatic ring is 1. The van der Waals surface area contributed by atoms with Gasteiger partial charge in [0.2, 0.25) is 14.7 Å². The van der Waals surface area contributed by atoms with Crippen LogP contribution in [0.1, 0.15) is 17.5 Å². The summed E-state index contributed by atoms with van der Waals surface area (Å²) in [5.41, 5.74) is 12.5. The van der Waals surface area contributed by atoms with E-state index in [1.807, 2.05) is 0 Å². The summed E-state index contributed by atoms with van der Waals surface area (Å²) in [6.07, 6.45) is -1.38. The molecule has 12 heteroatoms. The lowest BCUT2D eigenvalue weighted by atomic mass is 10.0. The maximum absolute atomic E-state index is 13.6. The van der Waals surface area contributed by atoms with Gasteiger partial charge >= 0.3 is 11.9 Å². The van der Waals surface area contributed by atoms with Crippen LogP contribution in [0.2, 0.25) is 0 Å². The monoisotopic (exact) mass is 526 g/mol. The van der Waals surface area contributed by atoms with E-state index in [9.17, 15) is 27.9 Å². The SMILES string of the molecule is COC(=O)[C@H](Cc1ccc(C(=N)N)cc1)NC(=O)[C@@](N)(CC(=O)O)S(=O)(=O)c1ccc2ccccc2c1. The number of nitrogens with two attached hydrogens (primary N) is 2. The first-order chi connectivity index (χ1) is 17.4. The van der Waals surface area contributed by atoms with Gasteiger partial charge in [-0.1, -0.05) is 54.6 Å². The van der Waals surface area contributed by atoms with Crippen molar-refractivity contribution in [2.24, 2.45) is 11.5 Å². The number of carbonyl (C=O) groups is 3. The number of fused-ring (bicyclic) bond motifs is 1. The van der Waals surface area contributed by atoms with E-state index in [2.05, 4.69) is 5.32 Å². The molecule has 3 rings (SSSR count). The minimum Gasteiger partial charge on any atom is -0.481 e. The summed E-state index contributed by atoms with van der Waals surface area (Å²) in [6.45, 7) is 0. The standard InChI is InChI=1S/C25H26N4O7S/c1-36-23(32)20(12-15-6-8-17(9-7-15)22(26)27)29-24(33)25(28,14-21(30)31)37(34,35)19-11-10-16-4-2-3-5-18(16)13-19/h2-11,13,20H,12,14,28H2,1H3,(H3,26,27)(H,29,33)(H,30,31)/t20-,25+/m0/s1. The number of carboxylic acids is 1. The molecular weight excluding hydrogens is 500 g/mol. The fraction of sp³-hybridized carbons (Fsp3) is 0.200. The smallest absolute Gasteiger partial charge is 0.328 e. The Hall–Kier alpha value is -4.29. The molecule has 11 nitrogen and oxygen atoms in total. The van der Waals surface area contributed by atoms with Crippen molar-refractivity contribution in [2.45, 2.75) is 28.6 Å². The van der Waals surface area contributed by atoms with E-state index < -0.39 is 45.0 Å². The Morgan fingerprint density at radius 1 is 1.05 bits per heavy atom. The lowest BCUT2D eigenvalue weighted by Gasteiger charge is -2.28. The number of rotatable bonds is 10. The van der Waals surface area contributed by atoms with Crippen LogP contribution in [-0.2, 0) is 35.4 Å². The number of ether oxygens (including phenoxy) is 1. The quantitative estimate of drug-likeness (QED) is 0.145. The van der Waals surface area contributed by atoms with Crippen LogP contribution >= 0.6 is 0 Å². The molecule has 1 amide bonds. The zero-order valence-electron chi connectivity index (χ0n) is 19.8. The van der Waals surface area contributed by atoms with E-state index in [0.29, 0.717) is 16.5 Å². The number of hydrogen-bond donors (Lipinski definition) is 5. The van der Waals surface area contributed by atoms with Crippen LogP contribution in [0.15, 0.2) is 71.6 Å². The van der Waals surface area contributed by atoms with Gasteiger partial charge in [-0.15, -0.1) is 0 Å². The van der Waals surface area contributed by atoms with Gasteiger partial charge in [0.25, 0.3) is 5.91 Å². The third-order valence-corrected chi connectivity index (χ3v) is 7.97. The number of methoxy groups -OCH3 is 1. The minimum atomic E-state index is -4.76. The molecule has 0 saturated carbocycles. The van der Waals surface area contributed by atoms with E-state index in [1.54, 1.807) is 36.4 Å². The predicted octanol–water partition coefficient (Wildman–Crippen LogP) is 0.928. The second-order valence-electron chi connectivity index (χ2n) is 8.34. The third kappa shape index (κ3) is 5.76. The number of carboxylic acid groups (broad SMARTS) is 1. The fourth-order valence-electron chi connectivity index (χ4n) is 3.74.